The standard InChI is InChI=1S/C10H16O3/c1-11-5-7-8(6-12-2)10-4-3-9(7)13-10/h3-4,7-10H,5-6H2,1-2H3/t7-,8+,9-,10+. The van der Waals surface area contributed by atoms with E-state index in [0.717, 1.165) is 13.2 Å². The minimum Gasteiger partial charge on any atom is -0.384 e. The molecule has 0 aromatic rings. The summed E-state index contributed by atoms with van der Waals surface area (Å²) in [5, 5.41) is 0. The van der Waals surface area contributed by atoms with E-state index in [1.165, 1.54) is 0 Å². The van der Waals surface area contributed by atoms with Crippen LogP contribution < -0.4 is 0 Å². The van der Waals surface area contributed by atoms with E-state index in [1.807, 2.05) is 0 Å². The van der Waals surface area contributed by atoms with Crippen LogP contribution in [0.3, 0.4) is 0 Å². The first-order valence-electron chi connectivity index (χ1n) is 4.68. The number of fused-ring (bicyclic) bond motifs is 2. The molecule has 2 bridgehead atoms. The van der Waals surface area contributed by atoms with Gasteiger partial charge in [0.05, 0.1) is 25.4 Å². The van der Waals surface area contributed by atoms with E-state index in [9.17, 15) is 0 Å². The van der Waals surface area contributed by atoms with Gasteiger partial charge in [-0.05, 0) is 0 Å². The molecular weight excluding hydrogens is 168 g/mol. The van der Waals surface area contributed by atoms with Crippen molar-refractivity contribution < 1.29 is 14.2 Å². The van der Waals surface area contributed by atoms with E-state index in [1.54, 1.807) is 14.2 Å². The number of rotatable bonds is 4. The Morgan fingerprint density at radius 2 is 1.46 bits per heavy atom. The van der Waals surface area contributed by atoms with Crippen LogP contribution in [0.2, 0.25) is 0 Å². The van der Waals surface area contributed by atoms with Crippen LogP contribution in [0.15, 0.2) is 12.2 Å². The quantitative estimate of drug-likeness (QED) is 0.606. The summed E-state index contributed by atoms with van der Waals surface area (Å²) in [6.07, 6.45) is 4.79. The first-order chi connectivity index (χ1) is 6.36. The number of ether oxygens (including phenoxy) is 3. The minimum absolute atomic E-state index is 0.255. The van der Waals surface area contributed by atoms with E-state index in [2.05, 4.69) is 12.2 Å². The van der Waals surface area contributed by atoms with Crippen molar-refractivity contribution in [2.45, 2.75) is 12.2 Å². The summed E-state index contributed by atoms with van der Waals surface area (Å²) in [6, 6.07) is 0. The predicted octanol–water partition coefficient (Wildman–Crippen LogP) is 0.849. The van der Waals surface area contributed by atoms with Gasteiger partial charge in [0.15, 0.2) is 0 Å². The molecule has 0 N–H and O–H groups in total. The Labute approximate surface area is 78.7 Å². The smallest absolute Gasteiger partial charge is 0.0819 e. The van der Waals surface area contributed by atoms with Crippen molar-refractivity contribution in [3.05, 3.63) is 12.2 Å². The maximum Gasteiger partial charge on any atom is 0.0819 e. The van der Waals surface area contributed by atoms with Crippen LogP contribution in [-0.2, 0) is 14.2 Å². The average molecular weight is 184 g/mol. The Bertz CT molecular complexity index is 182. The molecule has 0 aliphatic carbocycles. The third kappa shape index (κ3) is 1.52. The summed E-state index contributed by atoms with van der Waals surface area (Å²) < 4.78 is 16.1. The third-order valence-corrected chi connectivity index (χ3v) is 2.92. The lowest BCUT2D eigenvalue weighted by Crippen LogP contribution is -2.30. The van der Waals surface area contributed by atoms with Crippen LogP contribution in [0.1, 0.15) is 0 Å². The van der Waals surface area contributed by atoms with Gasteiger partial charge in [0.2, 0.25) is 0 Å². The molecule has 1 saturated heterocycles. The van der Waals surface area contributed by atoms with Gasteiger partial charge in [0.1, 0.15) is 0 Å². The fourth-order valence-electron chi connectivity index (χ4n) is 2.29. The molecule has 4 atom stereocenters. The van der Waals surface area contributed by atoms with E-state index < -0.39 is 0 Å². The van der Waals surface area contributed by atoms with Crippen molar-refractivity contribution >= 4 is 0 Å². The van der Waals surface area contributed by atoms with Gasteiger partial charge < -0.3 is 14.2 Å². The molecular formula is C10H16O3. The second kappa shape index (κ2) is 3.78. The maximum absolute atomic E-state index is 5.73. The lowest BCUT2D eigenvalue weighted by molar-refractivity contribution is 0.0799. The van der Waals surface area contributed by atoms with E-state index in [-0.39, 0.29) is 12.2 Å². The van der Waals surface area contributed by atoms with E-state index in [0.29, 0.717) is 11.8 Å². The first-order valence-corrected chi connectivity index (χ1v) is 4.68. The second-order valence-corrected chi connectivity index (χ2v) is 3.69. The fourth-order valence-corrected chi connectivity index (χ4v) is 2.29. The molecule has 0 unspecified atom stereocenters. The molecule has 13 heavy (non-hydrogen) atoms. The van der Waals surface area contributed by atoms with Crippen LogP contribution in [0.5, 0.6) is 0 Å². The molecule has 0 aromatic carbocycles. The van der Waals surface area contributed by atoms with Crippen LogP contribution >= 0.6 is 0 Å². The third-order valence-electron chi connectivity index (χ3n) is 2.92. The molecule has 2 rings (SSSR count). The van der Waals surface area contributed by atoms with Crippen molar-refractivity contribution in [2.24, 2.45) is 11.8 Å². The molecule has 74 valence electrons. The van der Waals surface area contributed by atoms with Crippen LogP contribution in [0.4, 0.5) is 0 Å². The van der Waals surface area contributed by atoms with Crippen molar-refractivity contribution in [3.63, 3.8) is 0 Å². The summed E-state index contributed by atoms with van der Waals surface area (Å²) in [5.41, 5.74) is 0. The van der Waals surface area contributed by atoms with Crippen LogP contribution in [-0.4, -0.2) is 39.6 Å². The first kappa shape index (κ1) is 9.19. The van der Waals surface area contributed by atoms with Gasteiger partial charge in [0.25, 0.3) is 0 Å². The highest BCUT2D eigenvalue weighted by atomic mass is 16.5. The van der Waals surface area contributed by atoms with Crippen molar-refractivity contribution in [3.8, 4) is 0 Å². The van der Waals surface area contributed by atoms with Gasteiger partial charge in [-0.3, -0.25) is 0 Å². The summed E-state index contributed by atoms with van der Waals surface area (Å²) in [4.78, 5) is 0. The summed E-state index contributed by atoms with van der Waals surface area (Å²) >= 11 is 0. The van der Waals surface area contributed by atoms with Gasteiger partial charge in [-0.25, -0.2) is 0 Å². The van der Waals surface area contributed by atoms with Crippen LogP contribution in [0, 0.1) is 11.8 Å². The second-order valence-electron chi connectivity index (χ2n) is 3.69. The lowest BCUT2D eigenvalue weighted by Gasteiger charge is -2.23. The summed E-state index contributed by atoms with van der Waals surface area (Å²) in [6.45, 7) is 1.53. The lowest BCUT2D eigenvalue weighted by atomic mass is 9.84. The van der Waals surface area contributed by atoms with Crippen molar-refractivity contribution in [1.82, 2.24) is 0 Å². The Kier molecular flexibility index (Phi) is 2.67. The normalized spacial score (nSPS) is 41.7. The zero-order valence-corrected chi connectivity index (χ0v) is 8.10. The molecule has 2 heterocycles. The maximum atomic E-state index is 5.73. The topological polar surface area (TPSA) is 27.7 Å². The Balaban J connectivity index is 2.02. The van der Waals surface area contributed by atoms with Crippen molar-refractivity contribution in [2.75, 3.05) is 27.4 Å². The molecule has 0 saturated carbocycles. The zero-order chi connectivity index (χ0) is 9.26. The van der Waals surface area contributed by atoms with Gasteiger partial charge in [-0.1, -0.05) is 12.2 Å². The fraction of sp³-hybridized carbons (Fsp3) is 0.800. The van der Waals surface area contributed by atoms with Gasteiger partial charge in [0, 0.05) is 26.1 Å². The Morgan fingerprint density at radius 3 is 1.85 bits per heavy atom. The van der Waals surface area contributed by atoms with Gasteiger partial charge in [-0.15, -0.1) is 0 Å². The monoisotopic (exact) mass is 184 g/mol. The number of methoxy groups -OCH3 is 2. The largest absolute Gasteiger partial charge is 0.384 e. The number of hydrogen-bond donors (Lipinski definition) is 0. The molecule has 0 amide bonds. The summed E-state index contributed by atoms with van der Waals surface area (Å²) in [5.74, 6) is 0.944. The highest BCUT2D eigenvalue weighted by Gasteiger charge is 2.45. The van der Waals surface area contributed by atoms with E-state index >= 15 is 0 Å². The Hall–Kier alpha value is -0.380. The predicted molar refractivity (Wildman–Crippen MR) is 48.5 cm³/mol. The molecule has 2 aliphatic rings. The molecule has 0 radical (unpaired) electrons. The zero-order valence-electron chi connectivity index (χ0n) is 8.10. The molecule has 3 heteroatoms. The van der Waals surface area contributed by atoms with E-state index in [4.69, 9.17) is 14.2 Å². The molecule has 0 aromatic heterocycles. The van der Waals surface area contributed by atoms with Gasteiger partial charge >= 0.3 is 0 Å². The number of hydrogen-bond acceptors (Lipinski definition) is 3. The van der Waals surface area contributed by atoms with Crippen LogP contribution in [0.25, 0.3) is 0 Å². The molecule has 0 spiro atoms. The SMILES string of the molecule is COC[C@@H]1[C@H](COC)[C@@H]2C=C[C@H]1O2. The Morgan fingerprint density at radius 1 is 1.00 bits per heavy atom. The summed E-state index contributed by atoms with van der Waals surface area (Å²) in [7, 11) is 3.47. The highest BCUT2D eigenvalue weighted by molar-refractivity contribution is 5.14. The highest BCUT2D eigenvalue weighted by Crippen LogP contribution is 2.39. The molecule has 3 nitrogen and oxygen atoms in total. The molecule has 2 aliphatic heterocycles. The van der Waals surface area contributed by atoms with Crippen molar-refractivity contribution in [1.29, 1.82) is 0 Å². The minimum atomic E-state index is 0.255. The van der Waals surface area contributed by atoms with Gasteiger partial charge in [-0.2, -0.15) is 0 Å². The average Bonchev–Trinajstić information content (AvgIpc) is 2.69. The molecule has 1 fully saturated rings.